The second-order valence-corrected chi connectivity index (χ2v) is 4.94. The molecule has 0 aromatic heterocycles. The van der Waals surface area contributed by atoms with Crippen molar-refractivity contribution in [2.24, 2.45) is 5.92 Å². The fraction of sp³-hybridized carbons (Fsp3) is 0.917. The molecule has 1 N–H and O–H groups in total. The van der Waals surface area contributed by atoms with Crippen LogP contribution in [0.2, 0.25) is 0 Å². The van der Waals surface area contributed by atoms with Gasteiger partial charge in [-0.1, -0.05) is 6.92 Å². The Morgan fingerprint density at radius 3 is 2.62 bits per heavy atom. The summed E-state index contributed by atoms with van der Waals surface area (Å²) in [5.41, 5.74) is -0.429. The smallest absolute Gasteiger partial charge is 0.327 e. The van der Waals surface area contributed by atoms with Gasteiger partial charge in [0, 0.05) is 6.54 Å². The summed E-state index contributed by atoms with van der Waals surface area (Å²) in [4.78, 5) is 14.4. The number of ether oxygens (including phenoxy) is 1. The third-order valence-corrected chi connectivity index (χ3v) is 4.00. The van der Waals surface area contributed by atoms with E-state index in [1.807, 2.05) is 0 Å². The van der Waals surface area contributed by atoms with Gasteiger partial charge in [0.25, 0.3) is 0 Å². The summed E-state index contributed by atoms with van der Waals surface area (Å²) in [7, 11) is 1.50. The minimum atomic E-state index is -0.429. The summed E-state index contributed by atoms with van der Waals surface area (Å²) < 4.78 is 5.01. The molecule has 0 spiro atoms. The van der Waals surface area contributed by atoms with Gasteiger partial charge in [-0.05, 0) is 44.8 Å². The zero-order chi connectivity index (χ0) is 11.6. The minimum Gasteiger partial charge on any atom is -0.468 e. The molecule has 2 bridgehead atoms. The van der Waals surface area contributed by atoms with E-state index in [9.17, 15) is 4.79 Å². The maximum Gasteiger partial charge on any atom is 0.327 e. The highest BCUT2D eigenvalue weighted by Crippen LogP contribution is 2.36. The molecule has 0 amide bonds. The normalized spacial score (nSPS) is 37.4. The Bertz CT molecular complexity index is 262. The fourth-order valence-corrected chi connectivity index (χ4v) is 3.10. The second kappa shape index (κ2) is 4.72. The number of methoxy groups -OCH3 is 1. The molecule has 0 aromatic rings. The lowest BCUT2D eigenvalue weighted by molar-refractivity contribution is -0.158. The summed E-state index contributed by atoms with van der Waals surface area (Å²) in [6, 6.07) is 0. The van der Waals surface area contributed by atoms with E-state index in [-0.39, 0.29) is 5.97 Å². The van der Waals surface area contributed by atoms with Crippen molar-refractivity contribution >= 4 is 5.97 Å². The number of piperidine rings is 3. The largest absolute Gasteiger partial charge is 0.468 e. The van der Waals surface area contributed by atoms with Crippen LogP contribution < -0.4 is 5.32 Å². The fourth-order valence-electron chi connectivity index (χ4n) is 3.10. The molecule has 3 aliphatic heterocycles. The summed E-state index contributed by atoms with van der Waals surface area (Å²) >= 11 is 0. The van der Waals surface area contributed by atoms with Gasteiger partial charge >= 0.3 is 5.97 Å². The standard InChI is InChI=1S/C12H22N2O2/c1-3-6-13-12(11(15)16-2)9-14-7-4-10(12)5-8-14/h10,13H,3-9H2,1-2H3. The topological polar surface area (TPSA) is 41.6 Å². The van der Waals surface area contributed by atoms with Crippen LogP contribution >= 0.6 is 0 Å². The summed E-state index contributed by atoms with van der Waals surface area (Å²) in [5, 5.41) is 3.45. The van der Waals surface area contributed by atoms with E-state index < -0.39 is 5.54 Å². The van der Waals surface area contributed by atoms with Crippen molar-refractivity contribution in [1.82, 2.24) is 10.2 Å². The van der Waals surface area contributed by atoms with Gasteiger partial charge in [-0.25, -0.2) is 4.79 Å². The Hall–Kier alpha value is -0.610. The number of rotatable bonds is 4. The van der Waals surface area contributed by atoms with Crippen LogP contribution in [-0.2, 0) is 9.53 Å². The molecule has 4 nitrogen and oxygen atoms in total. The van der Waals surface area contributed by atoms with E-state index in [0.717, 1.165) is 45.4 Å². The van der Waals surface area contributed by atoms with Crippen molar-refractivity contribution in [1.29, 1.82) is 0 Å². The highest BCUT2D eigenvalue weighted by molar-refractivity contribution is 5.82. The zero-order valence-electron chi connectivity index (χ0n) is 10.3. The van der Waals surface area contributed by atoms with Crippen molar-refractivity contribution in [3.05, 3.63) is 0 Å². The van der Waals surface area contributed by atoms with Gasteiger partial charge in [0.1, 0.15) is 5.54 Å². The van der Waals surface area contributed by atoms with Gasteiger partial charge in [-0.15, -0.1) is 0 Å². The van der Waals surface area contributed by atoms with Gasteiger partial charge in [0.05, 0.1) is 7.11 Å². The molecule has 3 rings (SSSR count). The van der Waals surface area contributed by atoms with E-state index in [0.29, 0.717) is 5.92 Å². The monoisotopic (exact) mass is 226 g/mol. The van der Waals surface area contributed by atoms with E-state index in [1.54, 1.807) is 0 Å². The molecule has 16 heavy (non-hydrogen) atoms. The molecule has 3 heterocycles. The summed E-state index contributed by atoms with van der Waals surface area (Å²) in [5.74, 6) is 0.381. The number of fused-ring (bicyclic) bond motifs is 3. The maximum absolute atomic E-state index is 12.1. The molecule has 0 radical (unpaired) electrons. The molecule has 3 fully saturated rings. The van der Waals surface area contributed by atoms with Crippen molar-refractivity contribution in [3.8, 4) is 0 Å². The van der Waals surface area contributed by atoms with E-state index in [4.69, 9.17) is 4.74 Å². The van der Waals surface area contributed by atoms with Crippen molar-refractivity contribution in [2.45, 2.75) is 31.7 Å². The molecule has 0 aliphatic carbocycles. The Labute approximate surface area is 97.3 Å². The minimum absolute atomic E-state index is 0.0737. The van der Waals surface area contributed by atoms with Crippen LogP contribution in [-0.4, -0.2) is 49.7 Å². The van der Waals surface area contributed by atoms with Crippen molar-refractivity contribution in [3.63, 3.8) is 0 Å². The van der Waals surface area contributed by atoms with Crippen LogP contribution in [0.15, 0.2) is 0 Å². The lowest BCUT2D eigenvalue weighted by Gasteiger charge is -2.51. The number of hydrogen-bond donors (Lipinski definition) is 1. The molecule has 4 heteroatoms. The molecule has 92 valence electrons. The first-order chi connectivity index (χ1) is 7.73. The van der Waals surface area contributed by atoms with Crippen LogP contribution in [0.5, 0.6) is 0 Å². The molecule has 1 unspecified atom stereocenters. The molecule has 1 atom stereocenters. The Morgan fingerprint density at radius 1 is 1.50 bits per heavy atom. The van der Waals surface area contributed by atoms with Crippen LogP contribution in [0.25, 0.3) is 0 Å². The van der Waals surface area contributed by atoms with Gasteiger partial charge in [-0.3, -0.25) is 0 Å². The van der Waals surface area contributed by atoms with Crippen LogP contribution in [0.4, 0.5) is 0 Å². The van der Waals surface area contributed by atoms with Gasteiger partial charge in [0.2, 0.25) is 0 Å². The number of nitrogens with zero attached hydrogens (tertiary/aromatic N) is 1. The number of carbonyl (C=O) groups excluding carboxylic acids is 1. The highest BCUT2D eigenvalue weighted by atomic mass is 16.5. The number of nitrogens with one attached hydrogen (secondary N) is 1. The van der Waals surface area contributed by atoms with Gasteiger partial charge < -0.3 is 15.0 Å². The van der Waals surface area contributed by atoms with E-state index in [1.165, 1.54) is 7.11 Å². The maximum atomic E-state index is 12.1. The Morgan fingerprint density at radius 2 is 2.19 bits per heavy atom. The number of carbonyl (C=O) groups is 1. The third-order valence-electron chi connectivity index (χ3n) is 4.00. The SMILES string of the molecule is CCCNC1(C(=O)OC)CN2CCC1CC2. The molecule has 3 saturated heterocycles. The quantitative estimate of drug-likeness (QED) is 0.714. The van der Waals surface area contributed by atoms with Crippen molar-refractivity contribution < 1.29 is 9.53 Å². The van der Waals surface area contributed by atoms with Crippen LogP contribution in [0.3, 0.4) is 0 Å². The summed E-state index contributed by atoms with van der Waals surface area (Å²) in [6.07, 6.45) is 3.28. The predicted octanol–water partition coefficient (Wildman–Crippen LogP) is 0.623. The average molecular weight is 226 g/mol. The zero-order valence-corrected chi connectivity index (χ0v) is 10.3. The molecule has 3 aliphatic rings. The number of hydrogen-bond acceptors (Lipinski definition) is 4. The van der Waals surface area contributed by atoms with Crippen LogP contribution in [0.1, 0.15) is 26.2 Å². The second-order valence-electron chi connectivity index (χ2n) is 4.94. The Kier molecular flexibility index (Phi) is 3.50. The Balaban J connectivity index is 2.16. The summed E-state index contributed by atoms with van der Waals surface area (Å²) in [6.45, 7) is 6.11. The average Bonchev–Trinajstić information content (AvgIpc) is 2.36. The lowest BCUT2D eigenvalue weighted by atomic mass is 9.72. The van der Waals surface area contributed by atoms with Crippen molar-refractivity contribution in [2.75, 3.05) is 33.3 Å². The van der Waals surface area contributed by atoms with Gasteiger partial charge in [-0.2, -0.15) is 0 Å². The molecular weight excluding hydrogens is 204 g/mol. The first-order valence-electron chi connectivity index (χ1n) is 6.28. The van der Waals surface area contributed by atoms with E-state index in [2.05, 4.69) is 17.1 Å². The molecule has 0 saturated carbocycles. The molecule has 0 aromatic carbocycles. The third kappa shape index (κ3) is 1.84. The lowest BCUT2D eigenvalue weighted by Crippen LogP contribution is -2.70. The van der Waals surface area contributed by atoms with Crippen LogP contribution in [0, 0.1) is 5.92 Å². The van der Waals surface area contributed by atoms with E-state index >= 15 is 0 Å². The first kappa shape index (κ1) is 11.9. The van der Waals surface area contributed by atoms with Gasteiger partial charge in [0.15, 0.2) is 0 Å². The highest BCUT2D eigenvalue weighted by Gasteiger charge is 2.52. The number of esters is 1. The first-order valence-corrected chi connectivity index (χ1v) is 6.28. The predicted molar refractivity (Wildman–Crippen MR) is 62.2 cm³/mol. The molecular formula is C12H22N2O2.